The molecule has 0 aromatic carbocycles. The summed E-state index contributed by atoms with van der Waals surface area (Å²) in [7, 11) is 1.68. The third kappa shape index (κ3) is 3.42. The number of carboxylic acids is 1. The van der Waals surface area contributed by atoms with Crippen LogP contribution in [0.5, 0.6) is 0 Å². The maximum absolute atomic E-state index is 11.9. The minimum absolute atomic E-state index is 0.129. The van der Waals surface area contributed by atoms with Crippen LogP contribution in [-0.4, -0.2) is 42.9 Å². The highest BCUT2D eigenvalue weighted by Gasteiger charge is 2.41. The Morgan fingerprint density at radius 1 is 1.30 bits per heavy atom. The summed E-state index contributed by atoms with van der Waals surface area (Å²) >= 11 is 0. The zero-order valence-electron chi connectivity index (χ0n) is 12.0. The van der Waals surface area contributed by atoms with Crippen molar-refractivity contribution in [1.82, 2.24) is 10.6 Å². The molecule has 6 nitrogen and oxygen atoms in total. The quantitative estimate of drug-likeness (QED) is 0.714. The molecule has 0 aromatic rings. The number of aliphatic carboxylic acids is 1. The van der Waals surface area contributed by atoms with E-state index in [2.05, 4.69) is 10.6 Å². The second-order valence-electron chi connectivity index (χ2n) is 5.99. The van der Waals surface area contributed by atoms with Crippen LogP contribution in [0.2, 0.25) is 0 Å². The van der Waals surface area contributed by atoms with E-state index in [4.69, 9.17) is 4.74 Å². The van der Waals surface area contributed by atoms with Crippen molar-refractivity contribution in [2.75, 3.05) is 13.7 Å². The lowest BCUT2D eigenvalue weighted by Crippen LogP contribution is -2.47. The number of rotatable bonds is 5. The molecule has 2 rings (SSSR count). The van der Waals surface area contributed by atoms with Gasteiger partial charge in [0.05, 0.1) is 11.5 Å². The lowest BCUT2D eigenvalue weighted by Gasteiger charge is -2.24. The van der Waals surface area contributed by atoms with Crippen molar-refractivity contribution in [2.24, 2.45) is 5.41 Å². The van der Waals surface area contributed by atoms with Crippen molar-refractivity contribution >= 4 is 12.0 Å². The third-order valence-corrected chi connectivity index (χ3v) is 4.65. The number of carbonyl (C=O) groups excluding carboxylic acids is 1. The highest BCUT2D eigenvalue weighted by atomic mass is 16.5. The standard InChI is InChI=1S/C14H24N2O4/c1-20-11-5-4-10(8-11)16-13(19)15-9-14(12(17)18)6-2-3-7-14/h10-11H,2-9H2,1H3,(H,17,18)(H2,15,16,19). The molecule has 2 aliphatic rings. The summed E-state index contributed by atoms with van der Waals surface area (Å²) < 4.78 is 5.26. The summed E-state index contributed by atoms with van der Waals surface area (Å²) in [6, 6.07) is -0.136. The average Bonchev–Trinajstić information content (AvgIpc) is 3.05. The zero-order valence-corrected chi connectivity index (χ0v) is 12.0. The van der Waals surface area contributed by atoms with Gasteiger partial charge in [-0.1, -0.05) is 12.8 Å². The highest BCUT2D eigenvalue weighted by molar-refractivity contribution is 5.78. The second kappa shape index (κ2) is 6.43. The molecule has 2 saturated carbocycles. The van der Waals surface area contributed by atoms with Gasteiger partial charge in [-0.25, -0.2) is 4.79 Å². The molecule has 3 N–H and O–H groups in total. The Kier molecular flexibility index (Phi) is 4.86. The van der Waals surface area contributed by atoms with Crippen LogP contribution in [0.1, 0.15) is 44.9 Å². The second-order valence-corrected chi connectivity index (χ2v) is 5.99. The van der Waals surface area contributed by atoms with E-state index in [1.807, 2.05) is 0 Å². The van der Waals surface area contributed by atoms with Crippen LogP contribution in [0.15, 0.2) is 0 Å². The number of ether oxygens (including phenoxy) is 1. The van der Waals surface area contributed by atoms with Gasteiger partial charge in [-0.05, 0) is 32.1 Å². The fraction of sp³-hybridized carbons (Fsp3) is 0.857. The SMILES string of the molecule is COC1CCC(NC(=O)NCC2(C(=O)O)CCCC2)C1. The van der Waals surface area contributed by atoms with E-state index in [-0.39, 0.29) is 24.7 Å². The van der Waals surface area contributed by atoms with Crippen LogP contribution in [0.4, 0.5) is 4.79 Å². The summed E-state index contributed by atoms with van der Waals surface area (Å²) in [5.41, 5.74) is -0.762. The van der Waals surface area contributed by atoms with Crippen molar-refractivity contribution in [3.63, 3.8) is 0 Å². The minimum atomic E-state index is -0.796. The molecule has 0 heterocycles. The van der Waals surface area contributed by atoms with Crippen LogP contribution >= 0.6 is 0 Å². The summed E-state index contributed by atoms with van der Waals surface area (Å²) in [5, 5.41) is 15.0. The van der Waals surface area contributed by atoms with Gasteiger partial charge in [-0.3, -0.25) is 4.79 Å². The van der Waals surface area contributed by atoms with E-state index in [0.29, 0.717) is 12.8 Å². The summed E-state index contributed by atoms with van der Waals surface area (Å²) in [5.74, 6) is -0.796. The summed E-state index contributed by atoms with van der Waals surface area (Å²) in [4.78, 5) is 23.2. The molecule has 0 aliphatic heterocycles. The van der Waals surface area contributed by atoms with E-state index in [1.54, 1.807) is 7.11 Å². The van der Waals surface area contributed by atoms with E-state index >= 15 is 0 Å². The maximum atomic E-state index is 11.9. The first kappa shape index (κ1) is 15.1. The number of hydrogen-bond donors (Lipinski definition) is 3. The lowest BCUT2D eigenvalue weighted by atomic mass is 9.86. The van der Waals surface area contributed by atoms with Gasteiger partial charge in [0.2, 0.25) is 0 Å². The van der Waals surface area contributed by atoms with E-state index < -0.39 is 11.4 Å². The number of carboxylic acid groups (broad SMARTS) is 1. The Labute approximate surface area is 119 Å². The number of nitrogens with one attached hydrogen (secondary N) is 2. The molecule has 0 aromatic heterocycles. The van der Waals surface area contributed by atoms with E-state index in [1.165, 1.54) is 0 Å². The smallest absolute Gasteiger partial charge is 0.315 e. The Balaban J connectivity index is 1.76. The van der Waals surface area contributed by atoms with Gasteiger partial charge in [0.1, 0.15) is 0 Å². The molecule has 2 fully saturated rings. The predicted molar refractivity (Wildman–Crippen MR) is 73.5 cm³/mol. The lowest BCUT2D eigenvalue weighted by molar-refractivity contribution is -0.148. The Morgan fingerprint density at radius 2 is 2.00 bits per heavy atom. The van der Waals surface area contributed by atoms with Gasteiger partial charge in [-0.2, -0.15) is 0 Å². The van der Waals surface area contributed by atoms with Crippen molar-refractivity contribution in [1.29, 1.82) is 0 Å². The predicted octanol–water partition coefficient (Wildman–Crippen LogP) is 1.50. The topological polar surface area (TPSA) is 87.7 Å². The zero-order chi connectivity index (χ0) is 14.6. The number of hydrogen-bond acceptors (Lipinski definition) is 3. The Hall–Kier alpha value is -1.30. The van der Waals surface area contributed by atoms with Crippen molar-refractivity contribution in [2.45, 2.75) is 57.1 Å². The molecule has 2 unspecified atom stereocenters. The van der Waals surface area contributed by atoms with Gasteiger partial charge < -0.3 is 20.5 Å². The van der Waals surface area contributed by atoms with Crippen LogP contribution in [0.25, 0.3) is 0 Å². The molecular weight excluding hydrogens is 260 g/mol. The monoisotopic (exact) mass is 284 g/mol. The molecule has 20 heavy (non-hydrogen) atoms. The molecular formula is C14H24N2O4. The van der Waals surface area contributed by atoms with Crippen LogP contribution < -0.4 is 10.6 Å². The number of methoxy groups -OCH3 is 1. The van der Waals surface area contributed by atoms with E-state index in [9.17, 15) is 14.7 Å². The molecule has 2 amide bonds. The normalized spacial score (nSPS) is 28.2. The van der Waals surface area contributed by atoms with Crippen molar-refractivity contribution in [3.8, 4) is 0 Å². The molecule has 0 bridgehead atoms. The van der Waals surface area contributed by atoms with Gasteiger partial charge in [0, 0.05) is 19.7 Å². The van der Waals surface area contributed by atoms with Crippen molar-refractivity contribution < 1.29 is 19.4 Å². The maximum Gasteiger partial charge on any atom is 0.315 e. The molecule has 2 atom stereocenters. The fourth-order valence-corrected chi connectivity index (χ4v) is 3.29. The fourth-order valence-electron chi connectivity index (χ4n) is 3.29. The van der Waals surface area contributed by atoms with Crippen molar-refractivity contribution in [3.05, 3.63) is 0 Å². The van der Waals surface area contributed by atoms with Gasteiger partial charge in [0.25, 0.3) is 0 Å². The molecule has 2 aliphatic carbocycles. The molecule has 6 heteroatoms. The highest BCUT2D eigenvalue weighted by Crippen LogP contribution is 2.37. The minimum Gasteiger partial charge on any atom is -0.481 e. The van der Waals surface area contributed by atoms with Crippen LogP contribution in [0, 0.1) is 5.41 Å². The third-order valence-electron chi connectivity index (χ3n) is 4.65. The van der Waals surface area contributed by atoms with Crippen LogP contribution in [0.3, 0.4) is 0 Å². The number of urea groups is 1. The first-order valence-corrected chi connectivity index (χ1v) is 7.36. The average molecular weight is 284 g/mol. The first-order valence-electron chi connectivity index (χ1n) is 7.36. The van der Waals surface area contributed by atoms with E-state index in [0.717, 1.165) is 32.1 Å². The first-order chi connectivity index (χ1) is 9.55. The molecule has 0 spiro atoms. The van der Waals surface area contributed by atoms with Gasteiger partial charge in [-0.15, -0.1) is 0 Å². The van der Waals surface area contributed by atoms with Gasteiger partial charge in [0.15, 0.2) is 0 Å². The number of carbonyl (C=O) groups is 2. The Bertz CT molecular complexity index is 366. The Morgan fingerprint density at radius 3 is 2.55 bits per heavy atom. The number of amides is 2. The molecule has 0 saturated heterocycles. The summed E-state index contributed by atoms with van der Waals surface area (Å²) in [6.07, 6.45) is 6.07. The van der Waals surface area contributed by atoms with Crippen LogP contribution in [-0.2, 0) is 9.53 Å². The summed E-state index contributed by atoms with van der Waals surface area (Å²) in [6.45, 7) is 0.217. The largest absolute Gasteiger partial charge is 0.481 e. The van der Waals surface area contributed by atoms with Gasteiger partial charge >= 0.3 is 12.0 Å². The molecule has 114 valence electrons. The molecule has 0 radical (unpaired) electrons.